The van der Waals surface area contributed by atoms with Crippen LogP contribution in [0.5, 0.6) is 0 Å². The molecule has 2 aromatic rings. The first-order valence-corrected chi connectivity index (χ1v) is 8.93. The van der Waals surface area contributed by atoms with E-state index < -0.39 is 0 Å². The van der Waals surface area contributed by atoms with Crippen molar-refractivity contribution in [1.82, 2.24) is 9.97 Å². The molecule has 0 aliphatic rings. The van der Waals surface area contributed by atoms with Crippen molar-refractivity contribution in [2.24, 2.45) is 0 Å². The molecule has 5 heteroatoms. The number of aromatic nitrogens is 2. The van der Waals surface area contributed by atoms with Gasteiger partial charge in [0.05, 0.1) is 0 Å². The van der Waals surface area contributed by atoms with Crippen molar-refractivity contribution in [1.29, 1.82) is 0 Å². The summed E-state index contributed by atoms with van der Waals surface area (Å²) in [6.45, 7) is 12.0. The van der Waals surface area contributed by atoms with Gasteiger partial charge in [-0.25, -0.2) is 9.97 Å². The van der Waals surface area contributed by atoms with Gasteiger partial charge in [-0.1, -0.05) is 19.9 Å². The van der Waals surface area contributed by atoms with Crippen LogP contribution in [0, 0.1) is 20.8 Å². The van der Waals surface area contributed by atoms with Crippen LogP contribution in [0.25, 0.3) is 0 Å². The van der Waals surface area contributed by atoms with E-state index in [0.717, 1.165) is 42.9 Å². The van der Waals surface area contributed by atoms with Crippen LogP contribution in [0.3, 0.4) is 0 Å². The summed E-state index contributed by atoms with van der Waals surface area (Å²) in [5.41, 5.74) is 4.33. The fourth-order valence-electron chi connectivity index (χ4n) is 2.68. The third kappa shape index (κ3) is 5.02. The first-order valence-electron chi connectivity index (χ1n) is 8.93. The zero-order valence-electron chi connectivity index (χ0n) is 15.9. The van der Waals surface area contributed by atoms with Crippen LogP contribution in [-0.4, -0.2) is 29.0 Å². The molecule has 0 spiro atoms. The summed E-state index contributed by atoms with van der Waals surface area (Å²) in [5, 5.41) is 2.94. The Bertz CT molecular complexity index is 736. The van der Waals surface area contributed by atoms with Crippen molar-refractivity contribution in [3.8, 4) is 0 Å². The van der Waals surface area contributed by atoms with Crippen LogP contribution >= 0.6 is 0 Å². The highest BCUT2D eigenvalue weighted by atomic mass is 16.1. The highest BCUT2D eigenvalue weighted by Gasteiger charge is 2.15. The van der Waals surface area contributed by atoms with Crippen molar-refractivity contribution in [3.05, 3.63) is 46.8 Å². The summed E-state index contributed by atoms with van der Waals surface area (Å²) in [4.78, 5) is 23.8. The molecule has 0 aliphatic carbocycles. The third-order valence-corrected chi connectivity index (χ3v) is 4.11. The number of hydrogen-bond donors (Lipinski definition) is 1. The molecule has 0 bridgehead atoms. The lowest BCUT2D eigenvalue weighted by molar-refractivity contribution is 0.102. The second-order valence-electron chi connectivity index (χ2n) is 6.43. The number of nitrogens with zero attached hydrogens (tertiary/aromatic N) is 3. The molecule has 5 nitrogen and oxygen atoms in total. The Morgan fingerprint density at radius 2 is 1.68 bits per heavy atom. The lowest BCUT2D eigenvalue weighted by atomic mass is 10.1. The Labute approximate surface area is 150 Å². The minimum Gasteiger partial charge on any atom is -0.341 e. The largest absolute Gasteiger partial charge is 0.341 e. The van der Waals surface area contributed by atoms with Crippen LogP contribution in [0.15, 0.2) is 24.3 Å². The Kier molecular flexibility index (Phi) is 6.51. The van der Waals surface area contributed by atoms with Gasteiger partial charge >= 0.3 is 0 Å². The second-order valence-corrected chi connectivity index (χ2v) is 6.43. The standard InChI is InChI=1S/C20H28N4O/c1-6-10-24(11-7-2)20-21-16(5)13-18(23-20)19(25)22-17-9-8-14(3)15(4)12-17/h8-9,12-13H,6-7,10-11H2,1-5H3,(H,22,25). The van der Waals surface area contributed by atoms with Crippen LogP contribution < -0.4 is 10.2 Å². The van der Waals surface area contributed by atoms with Crippen LogP contribution in [0.2, 0.25) is 0 Å². The van der Waals surface area contributed by atoms with Crippen molar-refractivity contribution < 1.29 is 4.79 Å². The van der Waals surface area contributed by atoms with Gasteiger partial charge in [-0.15, -0.1) is 0 Å². The Balaban J connectivity index is 2.25. The molecule has 0 unspecified atom stereocenters. The summed E-state index contributed by atoms with van der Waals surface area (Å²) in [5.74, 6) is 0.428. The Morgan fingerprint density at radius 1 is 1.00 bits per heavy atom. The Morgan fingerprint density at radius 3 is 2.28 bits per heavy atom. The number of hydrogen-bond acceptors (Lipinski definition) is 4. The molecule has 1 amide bonds. The molecule has 1 heterocycles. The molecule has 0 radical (unpaired) electrons. The number of aryl methyl sites for hydroxylation is 3. The van der Waals surface area contributed by atoms with E-state index in [9.17, 15) is 4.79 Å². The van der Waals surface area contributed by atoms with Gasteiger partial charge in [-0.2, -0.15) is 0 Å². The predicted octanol–water partition coefficient (Wildman–Crippen LogP) is 4.28. The molecular weight excluding hydrogens is 312 g/mol. The molecule has 134 valence electrons. The predicted molar refractivity (Wildman–Crippen MR) is 103 cm³/mol. The Hall–Kier alpha value is -2.43. The minimum absolute atomic E-state index is 0.206. The maximum Gasteiger partial charge on any atom is 0.274 e. The average molecular weight is 340 g/mol. The topological polar surface area (TPSA) is 58.1 Å². The highest BCUT2D eigenvalue weighted by Crippen LogP contribution is 2.16. The van der Waals surface area contributed by atoms with Gasteiger partial charge in [0.1, 0.15) is 5.69 Å². The first kappa shape index (κ1) is 18.9. The van der Waals surface area contributed by atoms with Gasteiger partial charge in [0, 0.05) is 24.5 Å². The molecule has 0 saturated carbocycles. The molecule has 1 aromatic heterocycles. The van der Waals surface area contributed by atoms with Gasteiger partial charge in [-0.05, 0) is 62.9 Å². The second kappa shape index (κ2) is 8.60. The van der Waals surface area contributed by atoms with Gasteiger partial charge in [-0.3, -0.25) is 4.79 Å². The molecule has 0 fully saturated rings. The van der Waals surface area contributed by atoms with E-state index >= 15 is 0 Å². The molecular formula is C20H28N4O. The smallest absolute Gasteiger partial charge is 0.274 e. The molecule has 25 heavy (non-hydrogen) atoms. The van der Waals surface area contributed by atoms with Crippen molar-refractivity contribution >= 4 is 17.5 Å². The third-order valence-electron chi connectivity index (χ3n) is 4.11. The lowest BCUT2D eigenvalue weighted by Gasteiger charge is -2.22. The number of rotatable bonds is 7. The van der Waals surface area contributed by atoms with Crippen LogP contribution in [0.4, 0.5) is 11.6 Å². The van der Waals surface area contributed by atoms with Crippen molar-refractivity contribution in [2.75, 3.05) is 23.3 Å². The summed E-state index contributed by atoms with van der Waals surface area (Å²) in [6.07, 6.45) is 2.03. The van der Waals surface area contributed by atoms with Gasteiger partial charge in [0.2, 0.25) is 5.95 Å². The molecule has 0 atom stereocenters. The highest BCUT2D eigenvalue weighted by molar-refractivity contribution is 6.03. The number of carbonyl (C=O) groups is 1. The summed E-state index contributed by atoms with van der Waals surface area (Å²) in [6, 6.07) is 7.63. The van der Waals surface area contributed by atoms with Crippen LogP contribution in [-0.2, 0) is 0 Å². The maximum atomic E-state index is 12.6. The van der Waals surface area contributed by atoms with E-state index in [2.05, 4.69) is 41.0 Å². The van der Waals surface area contributed by atoms with E-state index in [1.165, 1.54) is 5.56 Å². The van der Waals surface area contributed by atoms with E-state index in [4.69, 9.17) is 0 Å². The summed E-state index contributed by atoms with van der Waals surface area (Å²) < 4.78 is 0. The molecule has 2 rings (SSSR count). The summed E-state index contributed by atoms with van der Waals surface area (Å²) in [7, 11) is 0. The quantitative estimate of drug-likeness (QED) is 0.817. The van der Waals surface area contributed by atoms with E-state index in [0.29, 0.717) is 11.6 Å². The van der Waals surface area contributed by atoms with Gasteiger partial charge in [0.25, 0.3) is 5.91 Å². The fraction of sp³-hybridized carbons (Fsp3) is 0.450. The fourth-order valence-corrected chi connectivity index (χ4v) is 2.68. The molecule has 1 N–H and O–H groups in total. The minimum atomic E-state index is -0.206. The molecule has 0 saturated heterocycles. The van der Waals surface area contributed by atoms with Crippen molar-refractivity contribution in [2.45, 2.75) is 47.5 Å². The number of benzene rings is 1. The van der Waals surface area contributed by atoms with Crippen LogP contribution in [0.1, 0.15) is 54.0 Å². The number of nitrogens with one attached hydrogen (secondary N) is 1. The zero-order valence-corrected chi connectivity index (χ0v) is 15.9. The van der Waals surface area contributed by atoms with Gasteiger partial charge < -0.3 is 10.2 Å². The monoisotopic (exact) mass is 340 g/mol. The number of anilines is 2. The summed E-state index contributed by atoms with van der Waals surface area (Å²) >= 11 is 0. The van der Waals surface area contributed by atoms with E-state index in [-0.39, 0.29) is 5.91 Å². The average Bonchev–Trinajstić information content (AvgIpc) is 2.57. The van der Waals surface area contributed by atoms with Crippen molar-refractivity contribution in [3.63, 3.8) is 0 Å². The number of carbonyl (C=O) groups excluding carboxylic acids is 1. The van der Waals surface area contributed by atoms with E-state index in [1.807, 2.05) is 32.0 Å². The maximum absolute atomic E-state index is 12.6. The van der Waals surface area contributed by atoms with E-state index in [1.54, 1.807) is 6.07 Å². The first-order chi connectivity index (χ1) is 11.9. The zero-order chi connectivity index (χ0) is 18.4. The lowest BCUT2D eigenvalue weighted by Crippen LogP contribution is -2.28. The SMILES string of the molecule is CCCN(CCC)c1nc(C)cc(C(=O)Nc2ccc(C)c(C)c2)n1. The van der Waals surface area contributed by atoms with Gasteiger partial charge in [0.15, 0.2) is 0 Å². The number of amides is 1. The molecule has 1 aromatic carbocycles. The normalized spacial score (nSPS) is 10.6. The molecule has 0 aliphatic heterocycles.